The average Bonchev–Trinajstić information content (AvgIpc) is 2.35. The predicted molar refractivity (Wildman–Crippen MR) is 75.3 cm³/mol. The molecule has 2 N–H and O–H groups in total. The van der Waals surface area contributed by atoms with Crippen molar-refractivity contribution in [3.63, 3.8) is 0 Å². The summed E-state index contributed by atoms with van der Waals surface area (Å²) in [4.78, 5) is 11.7. The van der Waals surface area contributed by atoms with Gasteiger partial charge in [-0.3, -0.25) is 0 Å². The largest absolute Gasteiger partial charge is 0.338 e. The third-order valence-corrected chi connectivity index (χ3v) is 3.56. The van der Waals surface area contributed by atoms with E-state index in [0.29, 0.717) is 19.0 Å². The quantitative estimate of drug-likeness (QED) is 0.825. The Labute approximate surface area is 110 Å². The summed E-state index contributed by atoms with van der Waals surface area (Å²) in [6, 6.07) is 9.80. The molecule has 0 aromatic heterocycles. The van der Waals surface area contributed by atoms with Crippen molar-refractivity contribution in [2.75, 3.05) is 6.54 Å². The Kier molecular flexibility index (Phi) is 5.20. The second kappa shape index (κ2) is 6.43. The highest BCUT2D eigenvalue weighted by atomic mass is 16.2. The van der Waals surface area contributed by atoms with Crippen LogP contribution in [0, 0.1) is 11.3 Å². The lowest BCUT2D eigenvalue weighted by Crippen LogP contribution is -2.42. The van der Waals surface area contributed by atoms with Crippen LogP contribution >= 0.6 is 0 Å². The molecular weight excluding hydrogens is 224 g/mol. The van der Waals surface area contributed by atoms with E-state index in [-0.39, 0.29) is 11.4 Å². The van der Waals surface area contributed by atoms with Crippen molar-refractivity contribution < 1.29 is 4.79 Å². The van der Waals surface area contributed by atoms with E-state index in [4.69, 9.17) is 0 Å². The molecule has 18 heavy (non-hydrogen) atoms. The fraction of sp³-hybridized carbons (Fsp3) is 0.533. The summed E-state index contributed by atoms with van der Waals surface area (Å²) in [5.74, 6) is 0.534. The van der Waals surface area contributed by atoms with Crippen molar-refractivity contribution in [1.82, 2.24) is 10.6 Å². The topological polar surface area (TPSA) is 41.1 Å². The first-order chi connectivity index (χ1) is 8.42. The van der Waals surface area contributed by atoms with Crippen LogP contribution < -0.4 is 10.6 Å². The zero-order valence-electron chi connectivity index (χ0n) is 11.8. The van der Waals surface area contributed by atoms with E-state index in [0.717, 1.165) is 5.56 Å². The van der Waals surface area contributed by atoms with E-state index in [9.17, 15) is 4.79 Å². The van der Waals surface area contributed by atoms with Gasteiger partial charge in [0, 0.05) is 13.1 Å². The minimum absolute atomic E-state index is 0.104. The second-order valence-electron chi connectivity index (χ2n) is 5.67. The van der Waals surface area contributed by atoms with E-state index in [1.165, 1.54) is 0 Å². The van der Waals surface area contributed by atoms with Crippen LogP contribution in [0.25, 0.3) is 0 Å². The van der Waals surface area contributed by atoms with E-state index < -0.39 is 0 Å². The van der Waals surface area contributed by atoms with Gasteiger partial charge in [-0.15, -0.1) is 0 Å². The molecule has 3 nitrogen and oxygen atoms in total. The SMILES string of the molecule is CC(C)C(C)(C)CNC(=O)NCc1ccccc1. The van der Waals surface area contributed by atoms with Crippen LogP contribution in [0.3, 0.4) is 0 Å². The molecule has 1 aromatic rings. The number of nitrogens with one attached hydrogen (secondary N) is 2. The predicted octanol–water partition coefficient (Wildman–Crippen LogP) is 3.17. The number of benzene rings is 1. The Morgan fingerprint density at radius 1 is 1.17 bits per heavy atom. The molecule has 0 fully saturated rings. The molecule has 1 aromatic carbocycles. The summed E-state index contributed by atoms with van der Waals surface area (Å²) in [6.07, 6.45) is 0. The fourth-order valence-electron chi connectivity index (χ4n) is 1.35. The maximum Gasteiger partial charge on any atom is 0.315 e. The van der Waals surface area contributed by atoms with Gasteiger partial charge in [0.05, 0.1) is 0 Å². The van der Waals surface area contributed by atoms with Crippen LogP contribution in [-0.2, 0) is 6.54 Å². The van der Waals surface area contributed by atoms with Crippen molar-refractivity contribution in [2.24, 2.45) is 11.3 Å². The Morgan fingerprint density at radius 3 is 2.33 bits per heavy atom. The Bertz CT molecular complexity index is 371. The highest BCUT2D eigenvalue weighted by Crippen LogP contribution is 2.24. The molecular formula is C15H24N2O. The van der Waals surface area contributed by atoms with Crippen molar-refractivity contribution in [3.8, 4) is 0 Å². The minimum Gasteiger partial charge on any atom is -0.338 e. The Hall–Kier alpha value is -1.51. The van der Waals surface area contributed by atoms with Crippen LogP contribution in [0.2, 0.25) is 0 Å². The van der Waals surface area contributed by atoms with E-state index in [2.05, 4.69) is 38.3 Å². The molecule has 0 saturated heterocycles. The summed E-state index contributed by atoms with van der Waals surface area (Å²) in [5.41, 5.74) is 1.22. The van der Waals surface area contributed by atoms with Crippen LogP contribution in [-0.4, -0.2) is 12.6 Å². The zero-order valence-corrected chi connectivity index (χ0v) is 11.8. The second-order valence-corrected chi connectivity index (χ2v) is 5.67. The van der Waals surface area contributed by atoms with Gasteiger partial charge in [-0.05, 0) is 16.9 Å². The Morgan fingerprint density at radius 2 is 1.78 bits per heavy atom. The standard InChI is InChI=1S/C15H24N2O/c1-12(2)15(3,4)11-17-14(18)16-10-13-8-6-5-7-9-13/h5-9,12H,10-11H2,1-4H3,(H2,16,17,18). The molecule has 0 spiro atoms. The zero-order chi connectivity index (χ0) is 13.6. The van der Waals surface area contributed by atoms with Gasteiger partial charge in [0.15, 0.2) is 0 Å². The monoisotopic (exact) mass is 248 g/mol. The van der Waals surface area contributed by atoms with Gasteiger partial charge in [-0.25, -0.2) is 4.79 Å². The number of hydrogen-bond acceptors (Lipinski definition) is 1. The number of carbonyl (C=O) groups is 1. The van der Waals surface area contributed by atoms with E-state index in [1.54, 1.807) is 0 Å². The molecule has 0 unspecified atom stereocenters. The molecule has 100 valence electrons. The number of amides is 2. The first-order valence-corrected chi connectivity index (χ1v) is 6.47. The number of rotatable bonds is 5. The van der Waals surface area contributed by atoms with Gasteiger partial charge in [0.1, 0.15) is 0 Å². The van der Waals surface area contributed by atoms with Gasteiger partial charge >= 0.3 is 6.03 Å². The van der Waals surface area contributed by atoms with Crippen LogP contribution in [0.1, 0.15) is 33.3 Å². The van der Waals surface area contributed by atoms with Gasteiger partial charge in [-0.1, -0.05) is 58.0 Å². The normalized spacial score (nSPS) is 11.4. The van der Waals surface area contributed by atoms with Gasteiger partial charge in [0.25, 0.3) is 0 Å². The molecule has 0 bridgehead atoms. The summed E-state index contributed by atoms with van der Waals surface area (Å²) in [7, 11) is 0. The summed E-state index contributed by atoms with van der Waals surface area (Å²) >= 11 is 0. The van der Waals surface area contributed by atoms with Crippen molar-refractivity contribution in [2.45, 2.75) is 34.2 Å². The van der Waals surface area contributed by atoms with Gasteiger partial charge in [0.2, 0.25) is 0 Å². The fourth-order valence-corrected chi connectivity index (χ4v) is 1.35. The number of hydrogen-bond donors (Lipinski definition) is 2. The highest BCUT2D eigenvalue weighted by molar-refractivity contribution is 5.73. The highest BCUT2D eigenvalue weighted by Gasteiger charge is 2.22. The lowest BCUT2D eigenvalue weighted by molar-refractivity contribution is 0.215. The average molecular weight is 248 g/mol. The van der Waals surface area contributed by atoms with Gasteiger partial charge < -0.3 is 10.6 Å². The molecule has 0 aliphatic rings. The van der Waals surface area contributed by atoms with E-state index in [1.807, 2.05) is 30.3 Å². The van der Waals surface area contributed by atoms with Crippen molar-refractivity contribution in [3.05, 3.63) is 35.9 Å². The van der Waals surface area contributed by atoms with Crippen molar-refractivity contribution in [1.29, 1.82) is 0 Å². The van der Waals surface area contributed by atoms with Crippen LogP contribution in [0.15, 0.2) is 30.3 Å². The summed E-state index contributed by atoms with van der Waals surface area (Å²) < 4.78 is 0. The van der Waals surface area contributed by atoms with Crippen LogP contribution in [0.4, 0.5) is 4.79 Å². The third kappa shape index (κ3) is 4.78. The minimum atomic E-state index is -0.104. The Balaban J connectivity index is 2.31. The molecule has 0 atom stereocenters. The molecule has 0 heterocycles. The molecule has 0 radical (unpaired) electrons. The number of urea groups is 1. The lowest BCUT2D eigenvalue weighted by Gasteiger charge is -2.29. The third-order valence-electron chi connectivity index (χ3n) is 3.56. The first kappa shape index (κ1) is 14.6. The molecule has 1 rings (SSSR count). The molecule has 0 aliphatic heterocycles. The van der Waals surface area contributed by atoms with E-state index >= 15 is 0 Å². The molecule has 0 aliphatic carbocycles. The molecule has 3 heteroatoms. The smallest absolute Gasteiger partial charge is 0.315 e. The summed E-state index contributed by atoms with van der Waals surface area (Å²) in [6.45, 7) is 9.91. The molecule has 2 amide bonds. The van der Waals surface area contributed by atoms with Crippen LogP contribution in [0.5, 0.6) is 0 Å². The molecule has 0 saturated carbocycles. The van der Waals surface area contributed by atoms with Crippen molar-refractivity contribution >= 4 is 6.03 Å². The summed E-state index contributed by atoms with van der Waals surface area (Å²) in [5, 5.41) is 5.78. The lowest BCUT2D eigenvalue weighted by atomic mass is 9.81. The first-order valence-electron chi connectivity index (χ1n) is 6.47. The maximum atomic E-state index is 11.7. The van der Waals surface area contributed by atoms with Gasteiger partial charge in [-0.2, -0.15) is 0 Å². The maximum absolute atomic E-state index is 11.7. The number of carbonyl (C=O) groups excluding carboxylic acids is 1.